The van der Waals surface area contributed by atoms with E-state index in [1.165, 1.54) is 67.6 Å². The van der Waals surface area contributed by atoms with Crippen molar-refractivity contribution in [2.24, 2.45) is 10.8 Å². The molecule has 0 nitrogen and oxygen atoms in total. The van der Waals surface area contributed by atoms with E-state index in [4.69, 9.17) is 0 Å². The number of allylic oxidation sites excluding steroid dienone is 5. The second kappa shape index (κ2) is 26.2. The molecule has 0 aromatic heterocycles. The van der Waals surface area contributed by atoms with Crippen LogP contribution in [0.2, 0.25) is 0 Å². The molecule has 2 aliphatic carbocycles. The minimum Gasteiger partial charge on any atom is -0.0955 e. The molecular formula is C57H86. The lowest BCUT2D eigenvalue weighted by Crippen LogP contribution is -1.97. The van der Waals surface area contributed by atoms with E-state index < -0.39 is 0 Å². The van der Waals surface area contributed by atoms with Crippen molar-refractivity contribution in [3.8, 4) is 22.3 Å². The highest BCUT2D eigenvalue weighted by Gasteiger charge is 2.30. The quantitative estimate of drug-likeness (QED) is 0.190. The molecule has 0 saturated heterocycles. The van der Waals surface area contributed by atoms with Gasteiger partial charge in [-0.3, -0.25) is 0 Å². The number of hydrogen-bond acceptors (Lipinski definition) is 0. The average molecular weight is 771 g/mol. The minimum absolute atomic E-state index is 0.384. The van der Waals surface area contributed by atoms with E-state index in [0.717, 1.165) is 18.4 Å². The Labute approximate surface area is 355 Å². The van der Waals surface area contributed by atoms with Gasteiger partial charge in [-0.25, -0.2) is 0 Å². The van der Waals surface area contributed by atoms with Crippen LogP contribution < -0.4 is 0 Å². The Morgan fingerprint density at radius 1 is 0.649 bits per heavy atom. The van der Waals surface area contributed by atoms with Gasteiger partial charge in [-0.15, -0.1) is 0 Å². The molecule has 2 aliphatic rings. The number of aryl methyl sites for hydroxylation is 1. The van der Waals surface area contributed by atoms with Crippen LogP contribution in [0, 0.1) is 17.8 Å². The molecule has 0 fully saturated rings. The van der Waals surface area contributed by atoms with E-state index in [2.05, 4.69) is 195 Å². The summed E-state index contributed by atoms with van der Waals surface area (Å²) in [6.45, 7) is 47.1. The molecule has 314 valence electrons. The Bertz CT molecular complexity index is 1780. The van der Waals surface area contributed by atoms with Crippen LogP contribution in [0.3, 0.4) is 0 Å². The maximum absolute atomic E-state index is 4.25. The van der Waals surface area contributed by atoms with Crippen LogP contribution in [0.1, 0.15) is 196 Å². The van der Waals surface area contributed by atoms with E-state index >= 15 is 0 Å². The molecular weight excluding hydrogens is 685 g/mol. The van der Waals surface area contributed by atoms with Crippen molar-refractivity contribution in [3.63, 3.8) is 0 Å². The number of benzene rings is 4. The van der Waals surface area contributed by atoms with Gasteiger partial charge in [0, 0.05) is 5.92 Å². The smallest absolute Gasteiger partial charge is 0.00794 e. The van der Waals surface area contributed by atoms with E-state index in [1.807, 2.05) is 47.6 Å². The largest absolute Gasteiger partial charge is 0.0955 e. The van der Waals surface area contributed by atoms with Crippen LogP contribution in [-0.4, -0.2) is 0 Å². The Kier molecular flexibility index (Phi) is 24.4. The third-order valence-electron chi connectivity index (χ3n) is 8.77. The molecule has 4 aromatic carbocycles. The fraction of sp³-hybridized carbons (Fsp3) is 0.474. The van der Waals surface area contributed by atoms with Crippen molar-refractivity contribution in [3.05, 3.63) is 143 Å². The SMILES string of the molecule is C=C(C)c1ccccc1-c1cc(C)cc2c1C(C)c1ccc(C3=CC=C(CC)CC3)cc1-2.CC.CC.CC.CC(C)(C)C.CC(C)(C)C.CC(C)c1ccccc1. The van der Waals surface area contributed by atoms with Crippen molar-refractivity contribution >= 4 is 11.1 Å². The first-order chi connectivity index (χ1) is 26.8. The molecule has 0 N–H and O–H groups in total. The molecule has 0 amide bonds. The lowest BCUT2D eigenvalue weighted by molar-refractivity contribution is 0.469. The number of hydrogen-bond donors (Lipinski definition) is 0. The second-order valence-electron chi connectivity index (χ2n) is 18.1. The molecule has 0 spiro atoms. The highest BCUT2D eigenvalue weighted by atomic mass is 14.3. The van der Waals surface area contributed by atoms with Crippen molar-refractivity contribution in [1.29, 1.82) is 0 Å². The number of rotatable bonds is 5. The first-order valence-corrected chi connectivity index (χ1v) is 22.3. The van der Waals surface area contributed by atoms with Gasteiger partial charge in [0.2, 0.25) is 0 Å². The van der Waals surface area contributed by atoms with Gasteiger partial charge >= 0.3 is 0 Å². The molecule has 0 aliphatic heterocycles. The fourth-order valence-corrected chi connectivity index (χ4v) is 6.38. The van der Waals surface area contributed by atoms with Crippen molar-refractivity contribution in [2.75, 3.05) is 0 Å². The van der Waals surface area contributed by atoms with Gasteiger partial charge < -0.3 is 0 Å². The third kappa shape index (κ3) is 18.5. The first-order valence-electron chi connectivity index (χ1n) is 22.3. The molecule has 6 rings (SSSR count). The van der Waals surface area contributed by atoms with Gasteiger partial charge in [0.15, 0.2) is 0 Å². The predicted molar refractivity (Wildman–Crippen MR) is 265 cm³/mol. The van der Waals surface area contributed by atoms with Gasteiger partial charge in [0.05, 0.1) is 0 Å². The highest BCUT2D eigenvalue weighted by molar-refractivity contribution is 5.91. The molecule has 57 heavy (non-hydrogen) atoms. The summed E-state index contributed by atoms with van der Waals surface area (Å²) in [6, 6.07) is 31.2. The molecule has 0 heteroatoms. The van der Waals surface area contributed by atoms with E-state index in [9.17, 15) is 0 Å². The molecule has 4 aromatic rings. The van der Waals surface area contributed by atoms with Crippen LogP contribution in [0.15, 0.2) is 109 Å². The molecule has 0 bridgehead atoms. The maximum atomic E-state index is 4.25. The lowest BCUT2D eigenvalue weighted by Gasteiger charge is -2.17. The first kappa shape index (κ1) is 53.1. The Balaban J connectivity index is 0.00000103. The lowest BCUT2D eigenvalue weighted by atomic mass is 9.86. The van der Waals surface area contributed by atoms with Crippen LogP contribution in [0.25, 0.3) is 33.4 Å². The van der Waals surface area contributed by atoms with Crippen LogP contribution >= 0.6 is 0 Å². The van der Waals surface area contributed by atoms with Crippen LogP contribution in [-0.2, 0) is 0 Å². The zero-order chi connectivity index (χ0) is 44.1. The predicted octanol–water partition coefficient (Wildman–Crippen LogP) is 19.3. The third-order valence-corrected chi connectivity index (χ3v) is 8.77. The van der Waals surface area contributed by atoms with E-state index in [1.54, 1.807) is 5.57 Å². The summed E-state index contributed by atoms with van der Waals surface area (Å²) in [4.78, 5) is 0. The maximum Gasteiger partial charge on any atom is 0.00794 e. The van der Waals surface area contributed by atoms with Gasteiger partial charge in [0.1, 0.15) is 0 Å². The van der Waals surface area contributed by atoms with E-state index in [-0.39, 0.29) is 0 Å². The summed E-state index contributed by atoms with van der Waals surface area (Å²) in [5, 5.41) is 0. The molecule has 0 radical (unpaired) electrons. The molecule has 0 saturated carbocycles. The van der Waals surface area contributed by atoms with Crippen molar-refractivity contribution < 1.29 is 0 Å². The zero-order valence-corrected chi connectivity index (χ0v) is 40.7. The van der Waals surface area contributed by atoms with Crippen molar-refractivity contribution in [2.45, 2.75) is 170 Å². The molecule has 1 atom stereocenters. The topological polar surface area (TPSA) is 0 Å². The minimum atomic E-state index is 0.384. The summed E-state index contributed by atoms with van der Waals surface area (Å²) in [6.07, 6.45) is 8.17. The molecule has 1 unspecified atom stereocenters. The zero-order valence-electron chi connectivity index (χ0n) is 40.7. The Morgan fingerprint density at radius 2 is 1.14 bits per heavy atom. The number of fused-ring (bicyclic) bond motifs is 3. The van der Waals surface area contributed by atoms with Gasteiger partial charge in [-0.1, -0.05) is 233 Å². The molecule has 0 heterocycles. The Hall–Kier alpha value is -3.90. The fourth-order valence-electron chi connectivity index (χ4n) is 6.38. The summed E-state index contributed by atoms with van der Waals surface area (Å²) in [5.41, 5.74) is 18.9. The summed E-state index contributed by atoms with van der Waals surface area (Å²) in [5.74, 6) is 1.04. The van der Waals surface area contributed by atoms with Gasteiger partial charge in [0.25, 0.3) is 0 Å². The van der Waals surface area contributed by atoms with Crippen LogP contribution in [0.5, 0.6) is 0 Å². The summed E-state index contributed by atoms with van der Waals surface area (Å²) in [7, 11) is 0. The normalized spacial score (nSPS) is 13.5. The summed E-state index contributed by atoms with van der Waals surface area (Å²) < 4.78 is 0. The standard InChI is InChI=1S/C32H32.C9H12.2C5H12.3C2H6/c1-6-23-11-13-24(14-12-23)25-15-16-27-22(5)32-30(17-21(4)18-31(32)29(27)19-25)28-10-8-7-9-26(28)20(2)3;1-8(2)9-6-4-3-5-7-9;2*1-5(2,3)4;3*1-2/h7-11,13,15-19,22H,2,6,12,14H2,1,3-5H3;3-8H,1-2H3;2*1-4H3;3*1-2H3. The van der Waals surface area contributed by atoms with E-state index in [0.29, 0.717) is 22.7 Å². The van der Waals surface area contributed by atoms with Crippen molar-refractivity contribution in [1.82, 2.24) is 0 Å². The van der Waals surface area contributed by atoms with Gasteiger partial charge in [-0.2, -0.15) is 0 Å². The average Bonchev–Trinajstić information content (AvgIpc) is 3.46. The van der Waals surface area contributed by atoms with Crippen LogP contribution in [0.4, 0.5) is 0 Å². The highest BCUT2D eigenvalue weighted by Crippen LogP contribution is 2.50. The Morgan fingerprint density at radius 3 is 1.58 bits per heavy atom. The monoisotopic (exact) mass is 771 g/mol. The van der Waals surface area contributed by atoms with Gasteiger partial charge in [-0.05, 0) is 117 Å². The second-order valence-corrected chi connectivity index (χ2v) is 18.1. The summed E-state index contributed by atoms with van der Waals surface area (Å²) >= 11 is 0.